The van der Waals surface area contributed by atoms with E-state index < -0.39 is 0 Å². The van der Waals surface area contributed by atoms with E-state index in [1.807, 2.05) is 50.1 Å². The van der Waals surface area contributed by atoms with Crippen molar-refractivity contribution in [3.8, 4) is 0 Å². The lowest BCUT2D eigenvalue weighted by Crippen LogP contribution is -2.36. The Morgan fingerprint density at radius 1 is 1.12 bits per heavy atom. The molecule has 1 heterocycles. The molecule has 1 aromatic carbocycles. The number of thiocarbonyl (C=S) groups is 1. The molecule has 1 aromatic heterocycles. The fourth-order valence-electron chi connectivity index (χ4n) is 2.20. The first-order valence-electron chi connectivity index (χ1n) is 8.19. The zero-order valence-corrected chi connectivity index (χ0v) is 18.0. The fourth-order valence-corrected chi connectivity index (χ4v) is 3.44. The highest BCUT2D eigenvalue weighted by Gasteiger charge is 2.04. The molecule has 0 bridgehead atoms. The molecule has 0 radical (unpaired) electrons. The van der Waals surface area contributed by atoms with Crippen molar-refractivity contribution in [2.45, 2.75) is 18.8 Å². The Balaban J connectivity index is 1.58. The summed E-state index contributed by atoms with van der Waals surface area (Å²) in [5, 5.41) is 8.09. The van der Waals surface area contributed by atoms with Crippen LogP contribution in [0.25, 0.3) is 0 Å². The van der Waals surface area contributed by atoms with Gasteiger partial charge in [-0.2, -0.15) is 11.8 Å². The van der Waals surface area contributed by atoms with E-state index in [9.17, 15) is 0 Å². The summed E-state index contributed by atoms with van der Waals surface area (Å²) in [5.41, 5.74) is 1.03. The van der Waals surface area contributed by atoms with Crippen molar-refractivity contribution < 1.29 is 4.42 Å². The van der Waals surface area contributed by atoms with E-state index in [2.05, 4.69) is 15.5 Å². The van der Waals surface area contributed by atoms with Crippen molar-refractivity contribution in [2.24, 2.45) is 0 Å². The Bertz CT molecular complexity index is 722. The average molecular weight is 432 g/mol. The minimum atomic E-state index is 0.549. The second-order valence-corrected chi connectivity index (χ2v) is 8.34. The molecule has 0 aliphatic heterocycles. The van der Waals surface area contributed by atoms with Gasteiger partial charge in [-0.25, -0.2) is 0 Å². The van der Waals surface area contributed by atoms with Gasteiger partial charge in [0.05, 0.1) is 22.3 Å². The van der Waals surface area contributed by atoms with Crippen LogP contribution < -0.4 is 10.6 Å². The lowest BCUT2D eigenvalue weighted by molar-refractivity contribution is 0.344. The molecule has 2 aromatic rings. The topological polar surface area (TPSA) is 40.4 Å². The Hall–Kier alpha value is -0.920. The molecule has 4 nitrogen and oxygen atoms in total. The molecule has 0 aliphatic rings. The third-order valence-corrected chi connectivity index (χ3v) is 5.41. The fraction of sp³-hybridized carbons (Fsp3) is 0.389. The molecule has 0 amide bonds. The number of hydrogen-bond acceptors (Lipinski definition) is 4. The number of nitrogens with one attached hydrogen (secondary N) is 2. The molecule has 2 rings (SSSR count). The molecule has 26 heavy (non-hydrogen) atoms. The number of halogens is 2. The Morgan fingerprint density at radius 3 is 2.62 bits per heavy atom. The number of thioether (sulfide) groups is 1. The SMILES string of the molecule is CN(C)Cc1ccc(CSCCNC(=S)NCc2ccc(Cl)c(Cl)c2)o1. The highest BCUT2D eigenvalue weighted by molar-refractivity contribution is 7.98. The van der Waals surface area contributed by atoms with Crippen LogP contribution in [-0.4, -0.2) is 36.4 Å². The molecular formula is C18H23Cl2N3OS2. The summed E-state index contributed by atoms with van der Waals surface area (Å²) >= 11 is 19.0. The lowest BCUT2D eigenvalue weighted by Gasteiger charge is -2.10. The van der Waals surface area contributed by atoms with Crippen molar-refractivity contribution in [3.63, 3.8) is 0 Å². The van der Waals surface area contributed by atoms with Crippen LogP contribution >= 0.6 is 47.2 Å². The molecule has 0 aliphatic carbocycles. The maximum Gasteiger partial charge on any atom is 0.166 e. The van der Waals surface area contributed by atoms with Crippen LogP contribution in [0.2, 0.25) is 10.0 Å². The molecular weight excluding hydrogens is 409 g/mol. The van der Waals surface area contributed by atoms with Crippen LogP contribution in [0.3, 0.4) is 0 Å². The highest BCUT2D eigenvalue weighted by Crippen LogP contribution is 2.22. The van der Waals surface area contributed by atoms with Crippen molar-refractivity contribution in [1.29, 1.82) is 0 Å². The average Bonchev–Trinajstić information content (AvgIpc) is 3.02. The van der Waals surface area contributed by atoms with Crippen molar-refractivity contribution in [2.75, 3.05) is 26.4 Å². The molecule has 2 N–H and O–H groups in total. The minimum absolute atomic E-state index is 0.549. The first-order valence-corrected chi connectivity index (χ1v) is 10.5. The lowest BCUT2D eigenvalue weighted by atomic mass is 10.2. The van der Waals surface area contributed by atoms with E-state index in [1.54, 1.807) is 6.07 Å². The first kappa shape index (κ1) is 21.4. The number of hydrogen-bond donors (Lipinski definition) is 2. The van der Waals surface area contributed by atoms with E-state index in [1.165, 1.54) is 0 Å². The second-order valence-electron chi connectivity index (χ2n) is 6.02. The summed E-state index contributed by atoms with van der Waals surface area (Å²) in [5.74, 6) is 3.81. The number of benzene rings is 1. The molecule has 8 heteroatoms. The predicted octanol–water partition coefficient (Wildman–Crippen LogP) is 4.55. The van der Waals surface area contributed by atoms with E-state index in [-0.39, 0.29) is 0 Å². The van der Waals surface area contributed by atoms with Crippen LogP contribution in [0, 0.1) is 0 Å². The number of furan rings is 1. The Labute approximate surface area is 174 Å². The van der Waals surface area contributed by atoms with E-state index in [0.29, 0.717) is 21.7 Å². The Kier molecular flexibility index (Phi) is 9.08. The smallest absolute Gasteiger partial charge is 0.166 e. The Morgan fingerprint density at radius 2 is 1.88 bits per heavy atom. The summed E-state index contributed by atoms with van der Waals surface area (Å²) in [6.45, 7) is 2.23. The molecule has 0 spiro atoms. The van der Waals surface area contributed by atoms with E-state index >= 15 is 0 Å². The van der Waals surface area contributed by atoms with Gasteiger partial charge in [0, 0.05) is 18.8 Å². The summed E-state index contributed by atoms with van der Waals surface area (Å²) in [6.07, 6.45) is 0. The largest absolute Gasteiger partial charge is 0.464 e. The van der Waals surface area contributed by atoms with Crippen molar-refractivity contribution >= 4 is 52.3 Å². The van der Waals surface area contributed by atoms with Crippen LogP contribution in [0.1, 0.15) is 17.1 Å². The van der Waals surface area contributed by atoms with Gasteiger partial charge < -0.3 is 20.0 Å². The van der Waals surface area contributed by atoms with Crippen molar-refractivity contribution in [3.05, 3.63) is 57.5 Å². The second kappa shape index (κ2) is 11.0. The molecule has 142 valence electrons. The molecule has 0 unspecified atom stereocenters. The van der Waals surface area contributed by atoms with Crippen molar-refractivity contribution in [1.82, 2.24) is 15.5 Å². The third-order valence-electron chi connectivity index (χ3n) is 3.40. The van der Waals surface area contributed by atoms with Crippen LogP contribution in [-0.2, 0) is 18.8 Å². The molecule has 0 saturated carbocycles. The monoisotopic (exact) mass is 431 g/mol. The van der Waals surface area contributed by atoms with Gasteiger partial charge in [-0.05, 0) is 56.1 Å². The summed E-state index contributed by atoms with van der Waals surface area (Å²) < 4.78 is 5.79. The quantitative estimate of drug-likeness (QED) is 0.448. The van der Waals surface area contributed by atoms with Crippen LogP contribution in [0.15, 0.2) is 34.7 Å². The first-order chi connectivity index (χ1) is 12.4. The zero-order valence-electron chi connectivity index (χ0n) is 14.9. The van der Waals surface area contributed by atoms with Crippen LogP contribution in [0.4, 0.5) is 0 Å². The maximum absolute atomic E-state index is 6.00. The molecule has 0 saturated heterocycles. The summed E-state index contributed by atoms with van der Waals surface area (Å²) in [7, 11) is 4.06. The van der Waals surface area contributed by atoms with Gasteiger partial charge in [0.25, 0.3) is 0 Å². The van der Waals surface area contributed by atoms with E-state index in [4.69, 9.17) is 39.8 Å². The highest BCUT2D eigenvalue weighted by atomic mass is 35.5. The van der Waals surface area contributed by atoms with Gasteiger partial charge in [0.2, 0.25) is 0 Å². The van der Waals surface area contributed by atoms with Gasteiger partial charge in [0.15, 0.2) is 5.11 Å². The zero-order chi connectivity index (χ0) is 18.9. The normalized spacial score (nSPS) is 11.0. The summed E-state index contributed by atoms with van der Waals surface area (Å²) in [4.78, 5) is 2.09. The third kappa shape index (κ3) is 7.76. The summed E-state index contributed by atoms with van der Waals surface area (Å²) in [6, 6.07) is 9.63. The van der Waals surface area contributed by atoms with Gasteiger partial charge >= 0.3 is 0 Å². The van der Waals surface area contributed by atoms with Gasteiger partial charge in [-0.15, -0.1) is 0 Å². The minimum Gasteiger partial charge on any atom is -0.464 e. The number of rotatable bonds is 9. The van der Waals surface area contributed by atoms with Gasteiger partial charge in [-0.1, -0.05) is 29.3 Å². The maximum atomic E-state index is 6.00. The number of nitrogens with zero attached hydrogens (tertiary/aromatic N) is 1. The van der Waals surface area contributed by atoms with Gasteiger partial charge in [0.1, 0.15) is 11.5 Å². The van der Waals surface area contributed by atoms with Crippen LogP contribution in [0.5, 0.6) is 0 Å². The molecule has 0 fully saturated rings. The van der Waals surface area contributed by atoms with E-state index in [0.717, 1.165) is 41.7 Å². The molecule has 0 atom stereocenters. The predicted molar refractivity (Wildman–Crippen MR) is 116 cm³/mol. The van der Waals surface area contributed by atoms with Gasteiger partial charge in [-0.3, -0.25) is 0 Å². The standard InChI is InChI=1S/C18H23Cl2N3OS2/c1-23(2)11-14-4-5-15(24-14)12-26-8-7-21-18(25)22-10-13-3-6-16(19)17(20)9-13/h3-6,9H,7-8,10-12H2,1-2H3,(H2,21,22,25).